The number of hydrogen-bond acceptors (Lipinski definition) is 5. The van der Waals surface area contributed by atoms with Crippen LogP contribution >= 0.6 is 0 Å². The number of ether oxygens (including phenoxy) is 2. The number of aromatic nitrogens is 1. The van der Waals surface area contributed by atoms with Gasteiger partial charge in [-0.15, -0.1) is 0 Å². The molecular formula is C19H27N5O2. The summed E-state index contributed by atoms with van der Waals surface area (Å²) in [4.78, 5) is 10.8. The number of rotatable bonds is 8. The van der Waals surface area contributed by atoms with Gasteiger partial charge in [0, 0.05) is 20.2 Å². The van der Waals surface area contributed by atoms with E-state index in [1.165, 1.54) is 0 Å². The van der Waals surface area contributed by atoms with Crippen LogP contribution in [0.25, 0.3) is 0 Å². The molecule has 1 aromatic carbocycles. The molecule has 0 bridgehead atoms. The summed E-state index contributed by atoms with van der Waals surface area (Å²) in [6.07, 6.45) is 0. The number of nitrogens with one attached hydrogen (secondary N) is 1. The molecule has 2 rings (SSSR count). The predicted molar refractivity (Wildman–Crippen MR) is 106 cm³/mol. The van der Waals surface area contributed by atoms with E-state index in [-0.39, 0.29) is 5.96 Å². The van der Waals surface area contributed by atoms with Gasteiger partial charge in [-0.3, -0.25) is 0 Å². The highest BCUT2D eigenvalue weighted by molar-refractivity contribution is 5.94. The van der Waals surface area contributed by atoms with Crippen LogP contribution in [-0.4, -0.2) is 38.3 Å². The molecule has 0 saturated heterocycles. The van der Waals surface area contributed by atoms with Crippen LogP contribution in [0.3, 0.4) is 0 Å². The molecule has 0 unspecified atom stereocenters. The molecule has 0 aliphatic heterocycles. The molecule has 0 amide bonds. The Morgan fingerprint density at radius 1 is 1.15 bits per heavy atom. The highest BCUT2D eigenvalue weighted by Gasteiger charge is 2.07. The van der Waals surface area contributed by atoms with E-state index in [1.54, 1.807) is 0 Å². The van der Waals surface area contributed by atoms with E-state index in [1.807, 2.05) is 69.2 Å². The van der Waals surface area contributed by atoms with E-state index < -0.39 is 0 Å². The predicted octanol–water partition coefficient (Wildman–Crippen LogP) is 2.87. The van der Waals surface area contributed by atoms with Crippen LogP contribution in [0.1, 0.15) is 19.5 Å². The molecule has 0 radical (unpaired) electrons. The molecule has 0 saturated carbocycles. The van der Waals surface area contributed by atoms with E-state index in [2.05, 4.69) is 15.3 Å². The summed E-state index contributed by atoms with van der Waals surface area (Å²) in [5.41, 5.74) is 7.60. The molecule has 7 nitrogen and oxygen atoms in total. The molecule has 0 fully saturated rings. The smallest absolute Gasteiger partial charge is 0.193 e. The maximum atomic E-state index is 6.04. The summed E-state index contributed by atoms with van der Waals surface area (Å²) < 4.78 is 11.2. The first kappa shape index (κ1) is 19.4. The third-order valence-electron chi connectivity index (χ3n) is 3.49. The molecule has 0 aliphatic rings. The average molecular weight is 357 g/mol. The van der Waals surface area contributed by atoms with Crippen LogP contribution in [0.15, 0.2) is 41.4 Å². The minimum absolute atomic E-state index is 0.289. The topological polar surface area (TPSA) is 85.0 Å². The van der Waals surface area contributed by atoms with Crippen molar-refractivity contribution in [2.45, 2.75) is 20.4 Å². The van der Waals surface area contributed by atoms with Crippen molar-refractivity contribution in [3.63, 3.8) is 0 Å². The van der Waals surface area contributed by atoms with Gasteiger partial charge in [0.25, 0.3) is 0 Å². The van der Waals surface area contributed by atoms with Gasteiger partial charge >= 0.3 is 0 Å². The van der Waals surface area contributed by atoms with Crippen molar-refractivity contribution in [1.29, 1.82) is 0 Å². The zero-order chi connectivity index (χ0) is 18.9. The van der Waals surface area contributed by atoms with E-state index in [4.69, 9.17) is 15.2 Å². The minimum atomic E-state index is 0.289. The van der Waals surface area contributed by atoms with Gasteiger partial charge in [-0.1, -0.05) is 6.07 Å². The fraction of sp³-hybridized carbons (Fsp3) is 0.368. The Hall–Kier alpha value is -2.96. The molecule has 0 spiro atoms. The Labute approximate surface area is 154 Å². The van der Waals surface area contributed by atoms with Crippen molar-refractivity contribution in [2.24, 2.45) is 10.7 Å². The second-order valence-electron chi connectivity index (χ2n) is 5.73. The van der Waals surface area contributed by atoms with Gasteiger partial charge in [-0.25, -0.2) is 9.98 Å². The molecule has 1 aromatic heterocycles. The quantitative estimate of drug-likeness (QED) is 0.558. The minimum Gasteiger partial charge on any atom is -0.494 e. The van der Waals surface area contributed by atoms with E-state index in [0.29, 0.717) is 31.2 Å². The molecule has 140 valence electrons. The van der Waals surface area contributed by atoms with Crippen molar-refractivity contribution < 1.29 is 9.47 Å². The van der Waals surface area contributed by atoms with Crippen LogP contribution in [0, 0.1) is 0 Å². The first-order valence-electron chi connectivity index (χ1n) is 8.63. The van der Waals surface area contributed by atoms with Crippen LogP contribution in [0.2, 0.25) is 0 Å². The first-order valence-corrected chi connectivity index (χ1v) is 8.63. The maximum absolute atomic E-state index is 6.04. The van der Waals surface area contributed by atoms with Crippen LogP contribution in [0.4, 0.5) is 11.5 Å². The Morgan fingerprint density at radius 3 is 2.62 bits per heavy atom. The molecule has 26 heavy (non-hydrogen) atoms. The van der Waals surface area contributed by atoms with Gasteiger partial charge in [0.1, 0.15) is 17.3 Å². The van der Waals surface area contributed by atoms with E-state index in [0.717, 1.165) is 17.3 Å². The molecule has 0 atom stereocenters. The van der Waals surface area contributed by atoms with Gasteiger partial charge in [-0.05, 0) is 38.1 Å². The highest BCUT2D eigenvalue weighted by Crippen LogP contribution is 2.29. The summed E-state index contributed by atoms with van der Waals surface area (Å²) in [6, 6.07) is 11.4. The Morgan fingerprint density at radius 2 is 1.92 bits per heavy atom. The lowest BCUT2D eigenvalue weighted by Gasteiger charge is -2.14. The Kier molecular flexibility index (Phi) is 7.08. The van der Waals surface area contributed by atoms with Gasteiger partial charge in [0.15, 0.2) is 5.96 Å². The molecule has 2 aromatic rings. The number of aliphatic imine (C=N–C) groups is 1. The van der Waals surface area contributed by atoms with Crippen LogP contribution in [0.5, 0.6) is 11.5 Å². The first-order chi connectivity index (χ1) is 12.5. The third kappa shape index (κ3) is 5.54. The fourth-order valence-corrected chi connectivity index (χ4v) is 2.29. The van der Waals surface area contributed by atoms with Crippen molar-refractivity contribution >= 4 is 17.5 Å². The SMILES string of the molecule is CCOc1ccc(OCC)c(NC(N)=NCc2cccc(N(C)C)n2)c1. The zero-order valence-electron chi connectivity index (χ0n) is 15.8. The molecule has 7 heteroatoms. The van der Waals surface area contributed by atoms with Gasteiger partial charge < -0.3 is 25.4 Å². The monoisotopic (exact) mass is 357 g/mol. The van der Waals surface area contributed by atoms with Crippen molar-refractivity contribution in [3.8, 4) is 11.5 Å². The molecular weight excluding hydrogens is 330 g/mol. The lowest BCUT2D eigenvalue weighted by atomic mass is 10.2. The molecule has 0 aliphatic carbocycles. The summed E-state index contributed by atoms with van der Waals surface area (Å²) in [7, 11) is 3.90. The number of guanidine groups is 1. The van der Waals surface area contributed by atoms with E-state index in [9.17, 15) is 0 Å². The van der Waals surface area contributed by atoms with Gasteiger partial charge in [-0.2, -0.15) is 0 Å². The number of hydrogen-bond donors (Lipinski definition) is 2. The zero-order valence-corrected chi connectivity index (χ0v) is 15.8. The number of nitrogens with two attached hydrogens (primary N) is 1. The van der Waals surface area contributed by atoms with Crippen molar-refractivity contribution in [1.82, 2.24) is 4.98 Å². The van der Waals surface area contributed by atoms with Crippen LogP contribution < -0.4 is 25.4 Å². The standard InChI is InChI=1S/C19H27N5O2/c1-5-25-15-10-11-17(26-6-2)16(12-15)23-19(20)21-13-14-8-7-9-18(22-14)24(3)4/h7-12H,5-6,13H2,1-4H3,(H3,20,21,23). The summed E-state index contributed by atoms with van der Waals surface area (Å²) in [6.45, 7) is 5.40. The summed E-state index contributed by atoms with van der Waals surface area (Å²) in [5.74, 6) is 2.61. The lowest BCUT2D eigenvalue weighted by molar-refractivity contribution is 0.332. The Bertz CT molecular complexity index is 746. The normalized spacial score (nSPS) is 11.2. The van der Waals surface area contributed by atoms with Gasteiger partial charge in [0.05, 0.1) is 31.1 Å². The largest absolute Gasteiger partial charge is 0.494 e. The molecule has 3 N–H and O–H groups in total. The van der Waals surface area contributed by atoms with Crippen molar-refractivity contribution in [3.05, 3.63) is 42.1 Å². The van der Waals surface area contributed by atoms with Gasteiger partial charge in [0.2, 0.25) is 0 Å². The summed E-state index contributed by atoms with van der Waals surface area (Å²) >= 11 is 0. The fourth-order valence-electron chi connectivity index (χ4n) is 2.29. The molecule has 1 heterocycles. The Balaban J connectivity index is 2.12. The van der Waals surface area contributed by atoms with E-state index >= 15 is 0 Å². The lowest BCUT2D eigenvalue weighted by Crippen LogP contribution is -2.23. The summed E-state index contributed by atoms with van der Waals surface area (Å²) in [5, 5.41) is 3.09. The highest BCUT2D eigenvalue weighted by atomic mass is 16.5. The van der Waals surface area contributed by atoms with Crippen molar-refractivity contribution in [2.75, 3.05) is 37.5 Å². The number of benzene rings is 1. The number of pyridine rings is 1. The third-order valence-corrected chi connectivity index (χ3v) is 3.49. The maximum Gasteiger partial charge on any atom is 0.193 e. The number of nitrogens with zero attached hydrogens (tertiary/aromatic N) is 3. The second-order valence-corrected chi connectivity index (χ2v) is 5.73. The number of anilines is 2. The average Bonchev–Trinajstić information content (AvgIpc) is 2.63. The van der Waals surface area contributed by atoms with Crippen LogP contribution in [-0.2, 0) is 6.54 Å². The second kappa shape index (κ2) is 9.50.